The van der Waals surface area contributed by atoms with Gasteiger partial charge in [0.05, 0.1) is 29.6 Å². The Bertz CT molecular complexity index is 1140. The molecule has 3 N–H and O–H groups in total. The number of nitrogens with one attached hydrogen (secondary N) is 2. The van der Waals surface area contributed by atoms with Crippen molar-refractivity contribution in [1.29, 1.82) is 0 Å². The number of pyridine rings is 2. The molecule has 0 aliphatic rings. The first kappa shape index (κ1) is 18.1. The lowest BCUT2D eigenvalue weighted by molar-refractivity contribution is 0.0598. The van der Waals surface area contributed by atoms with Crippen molar-refractivity contribution in [3.05, 3.63) is 59.2 Å². The predicted molar refractivity (Wildman–Crippen MR) is 100.0 cm³/mol. The maximum Gasteiger partial charge on any atom is 0.339 e. The van der Waals surface area contributed by atoms with Gasteiger partial charge in [0, 0.05) is 23.2 Å². The number of ether oxygens (including phenoxy) is 1. The zero-order chi connectivity index (χ0) is 19.6. The van der Waals surface area contributed by atoms with E-state index in [1.54, 1.807) is 44.4 Å². The highest BCUT2D eigenvalue weighted by Crippen LogP contribution is 2.16. The number of rotatable bonds is 2. The highest BCUT2D eigenvalue weighted by molar-refractivity contribution is 5.94. The molecule has 4 rings (SSSR count). The molecular weight excluding hydrogens is 348 g/mol. The fraction of sp³-hybridized carbons (Fsp3) is 0.158. The number of aromatic amines is 2. The zero-order valence-electron chi connectivity index (χ0n) is 15.0. The van der Waals surface area contributed by atoms with Crippen LogP contribution in [0.5, 0.6) is 0 Å². The summed E-state index contributed by atoms with van der Waals surface area (Å²) in [4.78, 5) is 36.3. The number of nitrogens with zero attached hydrogens (tertiary/aromatic N) is 2. The number of aromatic carboxylic acids is 1. The van der Waals surface area contributed by atoms with Crippen molar-refractivity contribution in [3.63, 3.8) is 0 Å². The lowest BCUT2D eigenvalue weighted by Gasteiger charge is -2.02. The molecular formula is C19H18N4O4. The minimum absolute atomic E-state index is 0.257. The monoisotopic (exact) mass is 366 g/mol. The molecule has 0 fully saturated rings. The van der Waals surface area contributed by atoms with Crippen LogP contribution < -0.4 is 0 Å². The molecule has 0 saturated heterocycles. The molecule has 0 unspecified atom stereocenters. The minimum atomic E-state index is -0.937. The van der Waals surface area contributed by atoms with E-state index in [0.29, 0.717) is 17.0 Å². The van der Waals surface area contributed by atoms with Gasteiger partial charge in [-0.05, 0) is 38.1 Å². The maximum absolute atomic E-state index is 11.3. The van der Waals surface area contributed by atoms with Crippen molar-refractivity contribution in [1.82, 2.24) is 19.9 Å². The largest absolute Gasteiger partial charge is 0.478 e. The molecule has 27 heavy (non-hydrogen) atoms. The van der Waals surface area contributed by atoms with Crippen LogP contribution in [-0.2, 0) is 4.74 Å². The molecule has 0 bridgehead atoms. The van der Waals surface area contributed by atoms with Crippen LogP contribution >= 0.6 is 0 Å². The van der Waals surface area contributed by atoms with Gasteiger partial charge < -0.3 is 19.8 Å². The second-order valence-corrected chi connectivity index (χ2v) is 5.87. The number of aromatic nitrogens is 4. The standard InChI is InChI=1S/C10H10N2O2.C9H8N2O2/c1-6-8(10(13)14-2)5-7-3-4-11-9(7)12-6;1-5-7(9(12)13)4-6-2-3-10-8(6)11-5/h3-5H,1-2H3,(H,11,12);2-4H,1H3,(H,10,11)(H,12,13). The molecule has 4 aromatic heterocycles. The van der Waals surface area contributed by atoms with Gasteiger partial charge in [0.15, 0.2) is 0 Å². The maximum atomic E-state index is 11.3. The molecule has 0 aromatic carbocycles. The van der Waals surface area contributed by atoms with Crippen molar-refractivity contribution in [2.45, 2.75) is 13.8 Å². The van der Waals surface area contributed by atoms with Gasteiger partial charge in [-0.25, -0.2) is 19.6 Å². The molecule has 0 amide bonds. The summed E-state index contributed by atoms with van der Waals surface area (Å²) in [5.74, 6) is -1.29. The van der Waals surface area contributed by atoms with Gasteiger partial charge in [-0.15, -0.1) is 0 Å². The van der Waals surface area contributed by atoms with Crippen molar-refractivity contribution in [2.75, 3.05) is 7.11 Å². The Hall–Kier alpha value is -3.68. The number of esters is 1. The van der Waals surface area contributed by atoms with Crippen molar-refractivity contribution in [3.8, 4) is 0 Å². The third kappa shape index (κ3) is 3.64. The second-order valence-electron chi connectivity index (χ2n) is 5.87. The lowest BCUT2D eigenvalue weighted by atomic mass is 10.2. The Morgan fingerprint density at radius 1 is 0.926 bits per heavy atom. The van der Waals surface area contributed by atoms with Gasteiger partial charge in [-0.1, -0.05) is 0 Å². The summed E-state index contributed by atoms with van der Waals surface area (Å²) in [7, 11) is 1.36. The summed E-state index contributed by atoms with van der Waals surface area (Å²) in [5, 5.41) is 10.5. The molecule has 0 aliphatic carbocycles. The Labute approximate surface area is 154 Å². The number of carbonyl (C=O) groups is 2. The normalized spacial score (nSPS) is 10.5. The minimum Gasteiger partial charge on any atom is -0.478 e. The highest BCUT2D eigenvalue weighted by Gasteiger charge is 2.12. The third-order valence-electron chi connectivity index (χ3n) is 4.09. The molecule has 4 aromatic rings. The van der Waals surface area contributed by atoms with Crippen LogP contribution in [0.3, 0.4) is 0 Å². The Morgan fingerprint density at radius 3 is 1.89 bits per heavy atom. The lowest BCUT2D eigenvalue weighted by Crippen LogP contribution is -2.05. The van der Waals surface area contributed by atoms with Crippen LogP contribution in [0, 0.1) is 13.8 Å². The number of aryl methyl sites for hydroxylation is 2. The van der Waals surface area contributed by atoms with Gasteiger partial charge >= 0.3 is 11.9 Å². The van der Waals surface area contributed by atoms with Gasteiger partial charge in [0.25, 0.3) is 0 Å². The van der Waals surface area contributed by atoms with E-state index in [1.165, 1.54) is 7.11 Å². The van der Waals surface area contributed by atoms with Gasteiger partial charge in [0.1, 0.15) is 11.3 Å². The van der Waals surface area contributed by atoms with Crippen LogP contribution in [0.15, 0.2) is 36.7 Å². The van der Waals surface area contributed by atoms with E-state index in [4.69, 9.17) is 5.11 Å². The Morgan fingerprint density at radius 2 is 1.41 bits per heavy atom. The van der Waals surface area contributed by atoms with Gasteiger partial charge in [0.2, 0.25) is 0 Å². The molecule has 0 saturated carbocycles. The number of methoxy groups -OCH3 is 1. The fourth-order valence-electron chi connectivity index (χ4n) is 2.68. The molecule has 8 heteroatoms. The Kier molecular flexibility index (Phi) is 4.89. The summed E-state index contributed by atoms with van der Waals surface area (Å²) in [5.41, 5.74) is 3.48. The van der Waals surface area contributed by atoms with E-state index < -0.39 is 5.97 Å². The average Bonchev–Trinajstić information content (AvgIpc) is 3.28. The van der Waals surface area contributed by atoms with E-state index in [-0.39, 0.29) is 11.5 Å². The van der Waals surface area contributed by atoms with Crippen molar-refractivity contribution >= 4 is 34.0 Å². The number of hydrogen-bond donors (Lipinski definition) is 3. The molecule has 0 spiro atoms. The predicted octanol–water partition coefficient (Wildman–Crippen LogP) is 3.23. The first-order valence-corrected chi connectivity index (χ1v) is 8.11. The third-order valence-corrected chi connectivity index (χ3v) is 4.09. The average molecular weight is 366 g/mol. The Balaban J connectivity index is 0.000000156. The van der Waals surface area contributed by atoms with Crippen molar-refractivity contribution < 1.29 is 19.4 Å². The van der Waals surface area contributed by atoms with Crippen molar-refractivity contribution in [2.24, 2.45) is 0 Å². The van der Waals surface area contributed by atoms with E-state index in [0.717, 1.165) is 22.1 Å². The summed E-state index contributed by atoms with van der Waals surface area (Å²) in [6, 6.07) is 7.07. The summed E-state index contributed by atoms with van der Waals surface area (Å²) >= 11 is 0. The van der Waals surface area contributed by atoms with E-state index in [2.05, 4.69) is 24.7 Å². The number of carbonyl (C=O) groups excluding carboxylic acids is 1. The number of fused-ring (bicyclic) bond motifs is 2. The number of H-pyrrole nitrogens is 2. The van der Waals surface area contributed by atoms with Crippen LogP contribution in [0.1, 0.15) is 32.1 Å². The SMILES string of the molecule is COC(=O)c1cc2cc[nH]c2nc1C.Cc1nc2[nH]ccc2cc1C(=O)O. The van der Waals surface area contributed by atoms with Crippen LogP contribution in [-0.4, -0.2) is 44.1 Å². The molecule has 0 aliphatic heterocycles. The van der Waals surface area contributed by atoms with Gasteiger partial charge in [-0.3, -0.25) is 0 Å². The van der Waals surface area contributed by atoms with Gasteiger partial charge in [-0.2, -0.15) is 0 Å². The zero-order valence-corrected chi connectivity index (χ0v) is 15.0. The quantitative estimate of drug-likeness (QED) is 0.468. The molecule has 0 atom stereocenters. The molecule has 0 radical (unpaired) electrons. The highest BCUT2D eigenvalue weighted by atomic mass is 16.5. The molecule has 4 heterocycles. The first-order chi connectivity index (χ1) is 12.9. The fourth-order valence-corrected chi connectivity index (χ4v) is 2.68. The number of carboxylic acid groups (broad SMARTS) is 1. The summed E-state index contributed by atoms with van der Waals surface area (Å²) in [6.45, 7) is 3.47. The van der Waals surface area contributed by atoms with E-state index in [1.807, 2.05) is 6.07 Å². The molecule has 8 nitrogen and oxygen atoms in total. The number of carboxylic acids is 1. The summed E-state index contributed by atoms with van der Waals surface area (Å²) in [6.07, 6.45) is 3.53. The second kappa shape index (κ2) is 7.28. The smallest absolute Gasteiger partial charge is 0.339 e. The van der Waals surface area contributed by atoms with E-state index >= 15 is 0 Å². The van der Waals surface area contributed by atoms with Crippen LogP contribution in [0.25, 0.3) is 22.1 Å². The first-order valence-electron chi connectivity index (χ1n) is 8.11. The topological polar surface area (TPSA) is 121 Å². The van der Waals surface area contributed by atoms with Crippen LogP contribution in [0.2, 0.25) is 0 Å². The molecule has 138 valence electrons. The summed E-state index contributed by atoms with van der Waals surface area (Å²) < 4.78 is 4.65. The van der Waals surface area contributed by atoms with E-state index in [9.17, 15) is 9.59 Å². The van der Waals surface area contributed by atoms with Crippen LogP contribution in [0.4, 0.5) is 0 Å². The number of hydrogen-bond acceptors (Lipinski definition) is 5.